The molecule has 1 N–H and O–H groups in total. The van der Waals surface area contributed by atoms with Crippen molar-refractivity contribution in [2.75, 3.05) is 0 Å². The summed E-state index contributed by atoms with van der Waals surface area (Å²) in [6.07, 6.45) is 1.79. The average molecular weight is 330 g/mol. The second-order valence-corrected chi connectivity index (χ2v) is 6.25. The second kappa shape index (κ2) is 7.01. The van der Waals surface area contributed by atoms with Crippen molar-refractivity contribution in [2.45, 2.75) is 19.5 Å². The van der Waals surface area contributed by atoms with Crippen molar-refractivity contribution >= 4 is 22.9 Å². The van der Waals surface area contributed by atoms with E-state index in [1.54, 1.807) is 17.5 Å². The minimum atomic E-state index is 0.175. The normalized spacial score (nSPS) is 12.3. The molecule has 1 atom stereocenters. The number of nitrogens with zero attached hydrogens (tertiary/aromatic N) is 2. The molecule has 3 nitrogen and oxygen atoms in total. The van der Waals surface area contributed by atoms with Gasteiger partial charge >= 0.3 is 0 Å². The highest BCUT2D eigenvalue weighted by atomic mass is 35.5. The smallest absolute Gasteiger partial charge is 0.142 e. The van der Waals surface area contributed by atoms with Gasteiger partial charge in [0, 0.05) is 29.2 Å². The third kappa shape index (κ3) is 3.53. The second-order valence-electron chi connectivity index (χ2n) is 4.98. The number of halogens is 1. The van der Waals surface area contributed by atoms with Crippen LogP contribution in [0.4, 0.5) is 0 Å². The lowest BCUT2D eigenvalue weighted by Crippen LogP contribution is -2.18. The summed E-state index contributed by atoms with van der Waals surface area (Å²) in [7, 11) is 0. The van der Waals surface area contributed by atoms with Gasteiger partial charge in [0.2, 0.25) is 0 Å². The van der Waals surface area contributed by atoms with Crippen LogP contribution in [-0.4, -0.2) is 9.97 Å². The molecule has 0 amide bonds. The maximum atomic E-state index is 6.22. The maximum absolute atomic E-state index is 6.22. The van der Waals surface area contributed by atoms with E-state index in [1.165, 1.54) is 0 Å². The Morgan fingerprint density at radius 2 is 2.00 bits per heavy atom. The van der Waals surface area contributed by atoms with Gasteiger partial charge in [-0.3, -0.25) is 4.98 Å². The molecule has 3 aromatic rings. The third-order valence-corrected chi connectivity index (χ3v) is 4.65. The van der Waals surface area contributed by atoms with E-state index in [4.69, 9.17) is 11.6 Å². The quantitative estimate of drug-likeness (QED) is 0.736. The standard InChI is InChI=1S/C17H16ClN3S/c1-12(14-6-2-3-7-15(14)18)20-10-13-11-22-17(21-13)16-8-4-5-9-19-16/h2-9,11-12,20H,10H2,1H3/t12-/m0/s1. The number of pyridine rings is 1. The number of hydrogen-bond acceptors (Lipinski definition) is 4. The molecule has 0 aliphatic rings. The highest BCUT2D eigenvalue weighted by Gasteiger charge is 2.10. The Labute approximate surface area is 139 Å². The molecule has 0 spiro atoms. The van der Waals surface area contributed by atoms with Crippen LogP contribution >= 0.6 is 22.9 Å². The fraction of sp³-hybridized carbons (Fsp3) is 0.176. The number of rotatable bonds is 5. The van der Waals surface area contributed by atoms with E-state index in [0.29, 0.717) is 6.54 Å². The lowest BCUT2D eigenvalue weighted by Gasteiger charge is -2.14. The van der Waals surface area contributed by atoms with E-state index in [0.717, 1.165) is 27.0 Å². The van der Waals surface area contributed by atoms with Gasteiger partial charge in [0.05, 0.1) is 11.4 Å². The summed E-state index contributed by atoms with van der Waals surface area (Å²) in [6, 6.07) is 13.9. The zero-order valence-electron chi connectivity index (χ0n) is 12.2. The summed E-state index contributed by atoms with van der Waals surface area (Å²) in [4.78, 5) is 8.96. The van der Waals surface area contributed by atoms with Crippen LogP contribution in [0.3, 0.4) is 0 Å². The van der Waals surface area contributed by atoms with E-state index in [2.05, 4.69) is 27.6 Å². The molecular formula is C17H16ClN3S. The van der Waals surface area contributed by atoms with Gasteiger partial charge in [-0.1, -0.05) is 35.9 Å². The summed E-state index contributed by atoms with van der Waals surface area (Å²) >= 11 is 7.84. The van der Waals surface area contributed by atoms with Crippen LogP contribution in [0.2, 0.25) is 5.02 Å². The van der Waals surface area contributed by atoms with Gasteiger partial charge in [0.25, 0.3) is 0 Å². The third-order valence-electron chi connectivity index (χ3n) is 3.40. The monoisotopic (exact) mass is 329 g/mol. The van der Waals surface area contributed by atoms with E-state index < -0.39 is 0 Å². The fourth-order valence-electron chi connectivity index (χ4n) is 2.19. The summed E-state index contributed by atoms with van der Waals surface area (Å²) in [6.45, 7) is 2.81. The molecular weight excluding hydrogens is 314 g/mol. The van der Waals surface area contributed by atoms with Gasteiger partial charge < -0.3 is 5.32 Å². The van der Waals surface area contributed by atoms with Gasteiger partial charge in [-0.25, -0.2) is 4.98 Å². The number of thiazole rings is 1. The van der Waals surface area contributed by atoms with Crippen molar-refractivity contribution in [1.82, 2.24) is 15.3 Å². The molecule has 0 unspecified atom stereocenters. The zero-order chi connectivity index (χ0) is 15.4. The van der Waals surface area contributed by atoms with Gasteiger partial charge in [-0.2, -0.15) is 0 Å². The largest absolute Gasteiger partial charge is 0.304 e. The lowest BCUT2D eigenvalue weighted by atomic mass is 10.1. The first-order valence-electron chi connectivity index (χ1n) is 7.07. The molecule has 5 heteroatoms. The Kier molecular flexibility index (Phi) is 4.83. The van der Waals surface area contributed by atoms with Crippen LogP contribution in [-0.2, 0) is 6.54 Å². The molecule has 0 bridgehead atoms. The van der Waals surface area contributed by atoms with Gasteiger partial charge in [0.1, 0.15) is 5.01 Å². The molecule has 0 fully saturated rings. The Balaban J connectivity index is 1.65. The highest BCUT2D eigenvalue weighted by molar-refractivity contribution is 7.13. The molecule has 2 aromatic heterocycles. The van der Waals surface area contributed by atoms with E-state index >= 15 is 0 Å². The minimum Gasteiger partial charge on any atom is -0.304 e. The maximum Gasteiger partial charge on any atom is 0.142 e. The predicted molar refractivity (Wildman–Crippen MR) is 92.1 cm³/mol. The van der Waals surface area contributed by atoms with Crippen molar-refractivity contribution in [3.63, 3.8) is 0 Å². The molecule has 0 aliphatic heterocycles. The summed E-state index contributed by atoms with van der Waals surface area (Å²) in [5, 5.41) is 7.26. The fourth-order valence-corrected chi connectivity index (χ4v) is 3.28. The first kappa shape index (κ1) is 15.2. The van der Waals surface area contributed by atoms with Crippen LogP contribution in [0.25, 0.3) is 10.7 Å². The number of benzene rings is 1. The molecule has 0 saturated carbocycles. The summed E-state index contributed by atoms with van der Waals surface area (Å²) < 4.78 is 0. The molecule has 2 heterocycles. The first-order chi connectivity index (χ1) is 10.7. The van der Waals surface area contributed by atoms with Crippen molar-refractivity contribution in [3.05, 3.63) is 70.3 Å². The number of hydrogen-bond donors (Lipinski definition) is 1. The predicted octanol–water partition coefficient (Wildman–Crippen LogP) is 4.71. The van der Waals surface area contributed by atoms with Gasteiger partial charge in [0.15, 0.2) is 0 Å². The lowest BCUT2D eigenvalue weighted by molar-refractivity contribution is 0.569. The average Bonchev–Trinajstić information content (AvgIpc) is 3.03. The zero-order valence-corrected chi connectivity index (χ0v) is 13.7. The molecule has 22 heavy (non-hydrogen) atoms. The minimum absolute atomic E-state index is 0.175. The number of nitrogens with one attached hydrogen (secondary N) is 1. The summed E-state index contributed by atoms with van der Waals surface area (Å²) in [5.41, 5.74) is 3.03. The highest BCUT2D eigenvalue weighted by Crippen LogP contribution is 2.24. The molecule has 0 saturated heterocycles. The van der Waals surface area contributed by atoms with Gasteiger partial charge in [-0.05, 0) is 30.7 Å². The Bertz CT molecular complexity index is 742. The molecule has 112 valence electrons. The van der Waals surface area contributed by atoms with Crippen molar-refractivity contribution in [1.29, 1.82) is 0 Å². The molecule has 0 aliphatic carbocycles. The summed E-state index contributed by atoms with van der Waals surface area (Å²) in [5.74, 6) is 0. The van der Waals surface area contributed by atoms with Crippen molar-refractivity contribution < 1.29 is 0 Å². The Morgan fingerprint density at radius 1 is 1.18 bits per heavy atom. The van der Waals surface area contributed by atoms with Crippen LogP contribution in [0, 0.1) is 0 Å². The van der Waals surface area contributed by atoms with Crippen LogP contribution in [0.15, 0.2) is 54.0 Å². The number of aromatic nitrogens is 2. The van der Waals surface area contributed by atoms with Crippen LogP contribution in [0.5, 0.6) is 0 Å². The van der Waals surface area contributed by atoms with E-state index in [9.17, 15) is 0 Å². The Morgan fingerprint density at radius 3 is 2.77 bits per heavy atom. The topological polar surface area (TPSA) is 37.8 Å². The van der Waals surface area contributed by atoms with E-state index in [-0.39, 0.29) is 6.04 Å². The van der Waals surface area contributed by atoms with E-state index in [1.807, 2.05) is 42.5 Å². The molecule has 0 radical (unpaired) electrons. The Hall–Kier alpha value is -1.75. The van der Waals surface area contributed by atoms with Crippen molar-refractivity contribution in [3.8, 4) is 10.7 Å². The van der Waals surface area contributed by atoms with Gasteiger partial charge in [-0.15, -0.1) is 11.3 Å². The molecule has 3 rings (SSSR count). The molecule has 1 aromatic carbocycles. The van der Waals surface area contributed by atoms with Crippen LogP contribution < -0.4 is 5.32 Å². The SMILES string of the molecule is C[C@H](NCc1csc(-c2ccccn2)n1)c1ccccc1Cl. The first-order valence-corrected chi connectivity index (χ1v) is 8.33. The van der Waals surface area contributed by atoms with Crippen molar-refractivity contribution in [2.24, 2.45) is 0 Å². The van der Waals surface area contributed by atoms with Crippen LogP contribution in [0.1, 0.15) is 24.2 Å².